The zero-order valence-corrected chi connectivity index (χ0v) is 11.9. The third-order valence-corrected chi connectivity index (χ3v) is 3.08. The van der Waals surface area contributed by atoms with Crippen LogP contribution in [0.2, 0.25) is 5.02 Å². The number of hydrogen-bond acceptors (Lipinski definition) is 4. The van der Waals surface area contributed by atoms with E-state index in [2.05, 4.69) is 6.07 Å². The number of carbonyl (C=O) groups is 1. The number of ether oxygens (including phenoxy) is 1. The second-order valence-electron chi connectivity index (χ2n) is 4.09. The number of rotatable bonds is 6. The Morgan fingerprint density at radius 2 is 2.21 bits per heavy atom. The molecular formula is C14H17ClN2O2. The molecule has 1 rings (SSSR count). The number of esters is 1. The minimum atomic E-state index is -0.469. The first-order chi connectivity index (χ1) is 9.10. The van der Waals surface area contributed by atoms with Crippen LogP contribution in [-0.2, 0) is 9.53 Å². The number of carbonyl (C=O) groups excluding carboxylic acids is 1. The Balaban J connectivity index is 2.68. The van der Waals surface area contributed by atoms with Gasteiger partial charge in [-0.15, -0.1) is 0 Å². The summed E-state index contributed by atoms with van der Waals surface area (Å²) in [5.41, 5.74) is 0.748. The van der Waals surface area contributed by atoms with E-state index in [4.69, 9.17) is 16.3 Å². The van der Waals surface area contributed by atoms with Gasteiger partial charge in [0.15, 0.2) is 0 Å². The fraction of sp³-hybridized carbons (Fsp3) is 0.429. The summed E-state index contributed by atoms with van der Waals surface area (Å²) in [6, 6.07) is 8.96. The lowest BCUT2D eigenvalue weighted by atomic mass is 10.1. The number of halogens is 1. The first-order valence-electron chi connectivity index (χ1n) is 6.10. The first kappa shape index (κ1) is 15.5. The van der Waals surface area contributed by atoms with Crippen molar-refractivity contribution in [2.75, 3.05) is 20.2 Å². The molecule has 0 aliphatic carbocycles. The topological polar surface area (TPSA) is 53.3 Å². The Kier molecular flexibility index (Phi) is 6.34. The van der Waals surface area contributed by atoms with Crippen molar-refractivity contribution in [1.82, 2.24) is 4.90 Å². The van der Waals surface area contributed by atoms with E-state index in [1.165, 1.54) is 0 Å². The molecule has 1 aromatic carbocycles. The van der Waals surface area contributed by atoms with Gasteiger partial charge >= 0.3 is 5.97 Å². The molecule has 0 fully saturated rings. The Morgan fingerprint density at radius 3 is 2.79 bits per heavy atom. The van der Waals surface area contributed by atoms with E-state index in [9.17, 15) is 10.1 Å². The van der Waals surface area contributed by atoms with Gasteiger partial charge in [0.25, 0.3) is 0 Å². The van der Waals surface area contributed by atoms with Gasteiger partial charge in [-0.1, -0.05) is 29.8 Å². The van der Waals surface area contributed by atoms with Crippen molar-refractivity contribution in [2.24, 2.45) is 0 Å². The van der Waals surface area contributed by atoms with Crippen molar-refractivity contribution in [3.63, 3.8) is 0 Å². The number of nitrogens with zero attached hydrogens (tertiary/aromatic N) is 2. The molecule has 0 N–H and O–H groups in total. The van der Waals surface area contributed by atoms with Gasteiger partial charge in [-0.3, -0.25) is 9.69 Å². The van der Waals surface area contributed by atoms with Crippen LogP contribution in [0.5, 0.6) is 0 Å². The number of hydrogen-bond donors (Lipinski definition) is 0. The monoisotopic (exact) mass is 280 g/mol. The van der Waals surface area contributed by atoms with Crippen LogP contribution in [0.15, 0.2) is 24.3 Å². The van der Waals surface area contributed by atoms with Crippen LogP contribution in [0.1, 0.15) is 24.9 Å². The van der Waals surface area contributed by atoms with Gasteiger partial charge in [-0.25, -0.2) is 0 Å². The molecule has 1 atom stereocenters. The van der Waals surface area contributed by atoms with Crippen LogP contribution in [0.25, 0.3) is 0 Å². The third kappa shape index (κ3) is 4.55. The lowest BCUT2D eigenvalue weighted by Gasteiger charge is -2.23. The van der Waals surface area contributed by atoms with Crippen molar-refractivity contribution in [2.45, 2.75) is 19.4 Å². The SMILES string of the molecule is CCOC(=O)CCN(C)C(C#N)c1ccccc1Cl. The van der Waals surface area contributed by atoms with Crippen molar-refractivity contribution >= 4 is 17.6 Å². The van der Waals surface area contributed by atoms with Crippen LogP contribution >= 0.6 is 11.6 Å². The molecule has 0 saturated heterocycles. The summed E-state index contributed by atoms with van der Waals surface area (Å²) in [6.45, 7) is 2.58. The fourth-order valence-corrected chi connectivity index (χ4v) is 1.97. The molecule has 5 heteroatoms. The Morgan fingerprint density at radius 1 is 1.53 bits per heavy atom. The standard InChI is InChI=1S/C14H17ClN2O2/c1-3-19-14(18)8-9-17(2)13(10-16)11-6-4-5-7-12(11)15/h4-7,13H,3,8-9H2,1-2H3. The fourth-order valence-electron chi connectivity index (χ4n) is 1.73. The summed E-state index contributed by atoms with van der Waals surface area (Å²) in [5.74, 6) is -0.259. The summed E-state index contributed by atoms with van der Waals surface area (Å²) >= 11 is 6.08. The molecular weight excluding hydrogens is 264 g/mol. The predicted octanol–water partition coefficient (Wildman–Crippen LogP) is 2.79. The van der Waals surface area contributed by atoms with Gasteiger partial charge in [0.1, 0.15) is 6.04 Å². The molecule has 19 heavy (non-hydrogen) atoms. The van der Waals surface area contributed by atoms with Crippen molar-refractivity contribution in [1.29, 1.82) is 5.26 Å². The normalized spacial score (nSPS) is 11.9. The van der Waals surface area contributed by atoms with Crippen molar-refractivity contribution < 1.29 is 9.53 Å². The molecule has 0 radical (unpaired) electrons. The van der Waals surface area contributed by atoms with Gasteiger partial charge < -0.3 is 4.74 Å². The molecule has 0 saturated carbocycles. The summed E-state index contributed by atoms with van der Waals surface area (Å²) in [4.78, 5) is 13.1. The molecule has 1 unspecified atom stereocenters. The van der Waals surface area contributed by atoms with Crippen LogP contribution in [0.3, 0.4) is 0 Å². The summed E-state index contributed by atoms with van der Waals surface area (Å²) in [6.07, 6.45) is 0.257. The predicted molar refractivity (Wildman–Crippen MR) is 73.7 cm³/mol. The maximum Gasteiger partial charge on any atom is 0.307 e. The average molecular weight is 281 g/mol. The molecule has 4 nitrogen and oxygen atoms in total. The minimum Gasteiger partial charge on any atom is -0.466 e. The molecule has 0 heterocycles. The van der Waals surface area contributed by atoms with E-state index in [1.807, 2.05) is 18.2 Å². The van der Waals surface area contributed by atoms with Crippen molar-refractivity contribution in [3.8, 4) is 6.07 Å². The molecule has 1 aromatic rings. The molecule has 0 aliphatic rings. The van der Waals surface area contributed by atoms with E-state index in [0.29, 0.717) is 18.2 Å². The Hall–Kier alpha value is -1.57. The van der Waals surface area contributed by atoms with E-state index < -0.39 is 6.04 Å². The van der Waals surface area contributed by atoms with Gasteiger partial charge in [0.2, 0.25) is 0 Å². The highest BCUT2D eigenvalue weighted by atomic mass is 35.5. The van der Waals surface area contributed by atoms with Crippen LogP contribution in [-0.4, -0.2) is 31.1 Å². The molecule has 0 aromatic heterocycles. The summed E-state index contributed by atoms with van der Waals surface area (Å²) < 4.78 is 4.86. The summed E-state index contributed by atoms with van der Waals surface area (Å²) in [7, 11) is 1.79. The second kappa shape index (κ2) is 7.78. The smallest absolute Gasteiger partial charge is 0.307 e. The van der Waals surface area contributed by atoms with E-state index in [1.54, 1.807) is 24.9 Å². The first-order valence-corrected chi connectivity index (χ1v) is 6.47. The van der Waals surface area contributed by atoms with Gasteiger partial charge in [0, 0.05) is 17.1 Å². The van der Waals surface area contributed by atoms with Gasteiger partial charge in [-0.2, -0.15) is 5.26 Å². The quantitative estimate of drug-likeness (QED) is 0.752. The van der Waals surface area contributed by atoms with Crippen LogP contribution < -0.4 is 0 Å². The zero-order chi connectivity index (χ0) is 14.3. The lowest BCUT2D eigenvalue weighted by Crippen LogP contribution is -2.27. The molecule has 0 amide bonds. The van der Waals surface area contributed by atoms with E-state index in [-0.39, 0.29) is 12.4 Å². The molecule has 0 bridgehead atoms. The Bertz CT molecular complexity index is 471. The highest BCUT2D eigenvalue weighted by Gasteiger charge is 2.19. The molecule has 0 aliphatic heterocycles. The third-order valence-electron chi connectivity index (χ3n) is 2.74. The second-order valence-corrected chi connectivity index (χ2v) is 4.50. The van der Waals surface area contributed by atoms with Crippen LogP contribution in [0, 0.1) is 11.3 Å². The number of benzene rings is 1. The average Bonchev–Trinajstić information content (AvgIpc) is 2.40. The summed E-state index contributed by atoms with van der Waals surface area (Å²) in [5, 5.41) is 9.83. The molecule has 102 valence electrons. The van der Waals surface area contributed by atoms with Crippen LogP contribution in [0.4, 0.5) is 0 Å². The van der Waals surface area contributed by atoms with E-state index in [0.717, 1.165) is 5.56 Å². The highest BCUT2D eigenvalue weighted by Crippen LogP contribution is 2.26. The largest absolute Gasteiger partial charge is 0.466 e. The lowest BCUT2D eigenvalue weighted by molar-refractivity contribution is -0.143. The van der Waals surface area contributed by atoms with E-state index >= 15 is 0 Å². The minimum absolute atomic E-state index is 0.257. The maximum absolute atomic E-state index is 11.3. The van der Waals surface area contributed by atoms with Crippen molar-refractivity contribution in [3.05, 3.63) is 34.9 Å². The van der Waals surface area contributed by atoms with Gasteiger partial charge in [0.05, 0.1) is 19.1 Å². The maximum atomic E-state index is 11.3. The highest BCUT2D eigenvalue weighted by molar-refractivity contribution is 6.31. The van der Waals surface area contributed by atoms with Gasteiger partial charge in [-0.05, 0) is 20.0 Å². The zero-order valence-electron chi connectivity index (χ0n) is 11.1. The Labute approximate surface area is 118 Å². The molecule has 0 spiro atoms. The number of nitriles is 1.